The Morgan fingerprint density at radius 3 is 2.65 bits per heavy atom. The molecule has 0 atom stereocenters. The number of hydrogen-bond donors (Lipinski definition) is 3. The molecule has 0 aliphatic carbocycles. The lowest BCUT2D eigenvalue weighted by atomic mass is 10.2. The zero-order valence-corrected chi connectivity index (χ0v) is 9.37. The molecule has 0 aliphatic heterocycles. The van der Waals surface area contributed by atoms with Crippen LogP contribution >= 0.6 is 0 Å². The minimum atomic E-state index is -0.340. The molecule has 0 bridgehead atoms. The predicted octanol–water partition coefficient (Wildman–Crippen LogP) is 2.44. The van der Waals surface area contributed by atoms with Crippen molar-refractivity contribution in [2.75, 3.05) is 16.8 Å². The summed E-state index contributed by atoms with van der Waals surface area (Å²) in [4.78, 5) is 4.01. The first-order valence-corrected chi connectivity index (χ1v) is 5.11. The number of anilines is 4. The van der Waals surface area contributed by atoms with Gasteiger partial charge in [0, 0.05) is 0 Å². The van der Waals surface area contributed by atoms with E-state index in [0.29, 0.717) is 17.2 Å². The first-order valence-electron chi connectivity index (χ1n) is 5.11. The van der Waals surface area contributed by atoms with Crippen LogP contribution in [-0.2, 0) is 0 Å². The van der Waals surface area contributed by atoms with Crippen LogP contribution in [0.4, 0.5) is 27.4 Å². The Hall–Kier alpha value is -2.30. The fourth-order valence-corrected chi connectivity index (χ4v) is 1.43. The van der Waals surface area contributed by atoms with Crippen molar-refractivity contribution in [3.8, 4) is 0 Å². The Labute approximate surface area is 98.5 Å². The SMILES string of the molecule is Cc1ccc(F)c(Nc2ccc(N)c(N)n2)c1. The molecule has 2 aromatic rings. The van der Waals surface area contributed by atoms with E-state index in [9.17, 15) is 4.39 Å². The maximum absolute atomic E-state index is 13.5. The lowest BCUT2D eigenvalue weighted by molar-refractivity contribution is 0.631. The zero-order chi connectivity index (χ0) is 12.4. The summed E-state index contributed by atoms with van der Waals surface area (Å²) in [5.74, 6) is 0.344. The Balaban J connectivity index is 2.31. The topological polar surface area (TPSA) is 77.0 Å². The summed E-state index contributed by atoms with van der Waals surface area (Å²) >= 11 is 0. The van der Waals surface area contributed by atoms with Gasteiger partial charge in [-0.1, -0.05) is 6.07 Å². The van der Waals surface area contributed by atoms with Gasteiger partial charge in [-0.25, -0.2) is 9.37 Å². The molecule has 1 aromatic carbocycles. The molecule has 0 aliphatic rings. The summed E-state index contributed by atoms with van der Waals surface area (Å²) in [5, 5.41) is 2.86. The molecule has 0 radical (unpaired) electrons. The minimum absolute atomic E-state index is 0.225. The third-order valence-corrected chi connectivity index (χ3v) is 2.34. The van der Waals surface area contributed by atoms with Crippen LogP contribution in [0, 0.1) is 12.7 Å². The molecule has 0 saturated carbocycles. The molecule has 2 rings (SSSR count). The van der Waals surface area contributed by atoms with Gasteiger partial charge in [0.15, 0.2) is 0 Å². The van der Waals surface area contributed by atoms with Crippen molar-refractivity contribution in [3.05, 3.63) is 41.7 Å². The highest BCUT2D eigenvalue weighted by molar-refractivity contribution is 5.65. The van der Waals surface area contributed by atoms with Gasteiger partial charge in [0.25, 0.3) is 0 Å². The van der Waals surface area contributed by atoms with Crippen molar-refractivity contribution in [1.29, 1.82) is 0 Å². The van der Waals surface area contributed by atoms with Crippen molar-refractivity contribution < 1.29 is 4.39 Å². The van der Waals surface area contributed by atoms with E-state index in [1.165, 1.54) is 6.07 Å². The highest BCUT2D eigenvalue weighted by Crippen LogP contribution is 2.22. The highest BCUT2D eigenvalue weighted by atomic mass is 19.1. The van der Waals surface area contributed by atoms with Crippen molar-refractivity contribution in [2.24, 2.45) is 0 Å². The fraction of sp³-hybridized carbons (Fsp3) is 0.0833. The maximum Gasteiger partial charge on any atom is 0.149 e. The van der Waals surface area contributed by atoms with Crippen molar-refractivity contribution in [2.45, 2.75) is 6.92 Å². The van der Waals surface area contributed by atoms with Crippen molar-refractivity contribution in [1.82, 2.24) is 4.98 Å². The molecule has 0 spiro atoms. The summed E-state index contributed by atoms with van der Waals surface area (Å²) in [6.07, 6.45) is 0. The number of rotatable bonds is 2. The number of benzene rings is 1. The Morgan fingerprint density at radius 1 is 1.18 bits per heavy atom. The van der Waals surface area contributed by atoms with Gasteiger partial charge in [-0.2, -0.15) is 0 Å². The summed E-state index contributed by atoms with van der Waals surface area (Å²) in [6.45, 7) is 1.88. The number of nitrogens with one attached hydrogen (secondary N) is 1. The molecule has 0 fully saturated rings. The quantitative estimate of drug-likeness (QED) is 0.743. The predicted molar refractivity (Wildman–Crippen MR) is 67.5 cm³/mol. The summed E-state index contributed by atoms with van der Waals surface area (Å²) in [7, 11) is 0. The smallest absolute Gasteiger partial charge is 0.149 e. The van der Waals surface area contributed by atoms with E-state index < -0.39 is 0 Å². The summed E-state index contributed by atoms with van der Waals surface area (Å²) < 4.78 is 13.5. The Kier molecular flexibility index (Phi) is 2.82. The van der Waals surface area contributed by atoms with E-state index >= 15 is 0 Å². The first kappa shape index (κ1) is 11.2. The van der Waals surface area contributed by atoms with E-state index in [1.54, 1.807) is 24.3 Å². The van der Waals surface area contributed by atoms with Crippen LogP contribution in [0.5, 0.6) is 0 Å². The van der Waals surface area contributed by atoms with Gasteiger partial charge in [0.1, 0.15) is 17.5 Å². The van der Waals surface area contributed by atoms with Gasteiger partial charge in [0.05, 0.1) is 11.4 Å². The second-order valence-corrected chi connectivity index (χ2v) is 3.78. The molecule has 0 unspecified atom stereocenters. The normalized spacial score (nSPS) is 10.2. The Morgan fingerprint density at radius 2 is 1.94 bits per heavy atom. The fourth-order valence-electron chi connectivity index (χ4n) is 1.43. The molecular weight excluding hydrogens is 219 g/mol. The number of nitrogen functional groups attached to an aromatic ring is 2. The van der Waals surface area contributed by atoms with Gasteiger partial charge in [-0.3, -0.25) is 0 Å². The second-order valence-electron chi connectivity index (χ2n) is 3.78. The molecule has 1 aromatic heterocycles. The summed E-state index contributed by atoms with van der Waals surface area (Å²) in [5.41, 5.74) is 12.8. The lowest BCUT2D eigenvalue weighted by Crippen LogP contribution is -2.02. The molecule has 0 saturated heterocycles. The van der Waals surface area contributed by atoms with Gasteiger partial charge in [-0.15, -0.1) is 0 Å². The number of hydrogen-bond acceptors (Lipinski definition) is 4. The standard InChI is InChI=1S/C12H13FN4/c1-7-2-3-8(13)10(6-7)16-11-5-4-9(14)12(15)17-11/h2-6H,14H2,1H3,(H3,15,16,17). The van der Waals surface area contributed by atoms with Crippen LogP contribution in [0.2, 0.25) is 0 Å². The molecule has 88 valence electrons. The highest BCUT2D eigenvalue weighted by Gasteiger charge is 2.04. The molecule has 5 N–H and O–H groups in total. The maximum atomic E-state index is 13.5. The number of nitrogens with two attached hydrogens (primary N) is 2. The summed E-state index contributed by atoms with van der Waals surface area (Å²) in [6, 6.07) is 8.07. The van der Waals surface area contributed by atoms with Crippen molar-refractivity contribution >= 4 is 23.0 Å². The van der Waals surface area contributed by atoms with Crippen LogP contribution in [0.25, 0.3) is 0 Å². The number of aromatic nitrogens is 1. The van der Waals surface area contributed by atoms with E-state index in [-0.39, 0.29) is 11.6 Å². The zero-order valence-electron chi connectivity index (χ0n) is 9.37. The third kappa shape index (κ3) is 2.44. The van der Waals surface area contributed by atoms with Gasteiger partial charge >= 0.3 is 0 Å². The Bertz CT molecular complexity index is 554. The number of halogens is 1. The second kappa shape index (κ2) is 4.29. The monoisotopic (exact) mass is 232 g/mol. The molecule has 0 amide bonds. The van der Waals surface area contributed by atoms with Gasteiger partial charge < -0.3 is 16.8 Å². The van der Waals surface area contributed by atoms with E-state index in [2.05, 4.69) is 10.3 Å². The largest absolute Gasteiger partial charge is 0.396 e. The van der Waals surface area contributed by atoms with Crippen molar-refractivity contribution in [3.63, 3.8) is 0 Å². The molecule has 5 heteroatoms. The van der Waals surface area contributed by atoms with E-state index in [1.807, 2.05) is 6.92 Å². The van der Waals surface area contributed by atoms with Crippen LogP contribution < -0.4 is 16.8 Å². The van der Waals surface area contributed by atoms with Crippen LogP contribution in [0.15, 0.2) is 30.3 Å². The van der Waals surface area contributed by atoms with Gasteiger partial charge in [-0.05, 0) is 36.8 Å². The number of nitrogens with zero attached hydrogens (tertiary/aromatic N) is 1. The van der Waals surface area contributed by atoms with E-state index in [4.69, 9.17) is 11.5 Å². The minimum Gasteiger partial charge on any atom is -0.396 e. The molecular formula is C12H13FN4. The third-order valence-electron chi connectivity index (χ3n) is 2.34. The molecule has 17 heavy (non-hydrogen) atoms. The molecule has 1 heterocycles. The van der Waals surface area contributed by atoms with Crippen LogP contribution in [0.1, 0.15) is 5.56 Å². The first-order chi connectivity index (χ1) is 8.06. The molecule has 4 nitrogen and oxygen atoms in total. The average molecular weight is 232 g/mol. The van der Waals surface area contributed by atoms with Gasteiger partial charge in [0.2, 0.25) is 0 Å². The van der Waals surface area contributed by atoms with Crippen LogP contribution in [0.3, 0.4) is 0 Å². The van der Waals surface area contributed by atoms with Crippen LogP contribution in [-0.4, -0.2) is 4.98 Å². The number of pyridine rings is 1. The lowest BCUT2D eigenvalue weighted by Gasteiger charge is -2.09. The average Bonchev–Trinajstić information content (AvgIpc) is 2.29. The number of aryl methyl sites for hydroxylation is 1. The van der Waals surface area contributed by atoms with E-state index in [0.717, 1.165) is 5.56 Å².